The van der Waals surface area contributed by atoms with E-state index in [2.05, 4.69) is 34.4 Å². The van der Waals surface area contributed by atoms with E-state index >= 15 is 0 Å². The number of carbonyl (C=O) groups is 1. The minimum atomic E-state index is -0.317. The van der Waals surface area contributed by atoms with Crippen LogP contribution in [0.15, 0.2) is 17.3 Å². The van der Waals surface area contributed by atoms with E-state index < -0.39 is 0 Å². The predicted octanol–water partition coefficient (Wildman–Crippen LogP) is 2.07. The summed E-state index contributed by atoms with van der Waals surface area (Å²) in [5.41, 5.74) is 0.204. The molecule has 6 nitrogen and oxygen atoms in total. The molecule has 25 heavy (non-hydrogen) atoms. The average Bonchev–Trinajstić information content (AvgIpc) is 3.37. The molecule has 0 bridgehead atoms. The largest absolute Gasteiger partial charge is 0.387 e. The summed E-state index contributed by atoms with van der Waals surface area (Å²) in [5.74, 6) is -0.111. The fraction of sp³-hybridized carbons (Fsp3) is 0.667. The van der Waals surface area contributed by atoms with Crippen molar-refractivity contribution in [2.24, 2.45) is 5.16 Å². The van der Waals surface area contributed by atoms with Crippen molar-refractivity contribution in [2.75, 3.05) is 26.2 Å². The molecule has 0 radical (unpaired) electrons. The van der Waals surface area contributed by atoms with Crippen molar-refractivity contribution in [1.29, 1.82) is 0 Å². The number of rotatable bonds is 5. The van der Waals surface area contributed by atoms with E-state index in [1.807, 2.05) is 11.3 Å². The van der Waals surface area contributed by atoms with Crippen LogP contribution in [0.4, 0.5) is 0 Å². The van der Waals surface area contributed by atoms with Crippen LogP contribution in [0.2, 0.25) is 0 Å². The summed E-state index contributed by atoms with van der Waals surface area (Å²) in [6.07, 6.45) is 3.77. The van der Waals surface area contributed by atoms with Crippen molar-refractivity contribution in [3.63, 3.8) is 0 Å². The number of likely N-dealkylation sites (tertiary alicyclic amines) is 1. The Bertz CT molecular complexity index is 668. The Labute approximate surface area is 152 Å². The number of hydrogen-bond donors (Lipinski definition) is 1. The summed E-state index contributed by atoms with van der Waals surface area (Å²) in [4.78, 5) is 23.2. The van der Waals surface area contributed by atoms with Crippen molar-refractivity contribution in [2.45, 2.75) is 50.9 Å². The maximum Gasteiger partial charge on any atom is 0.269 e. The zero-order chi connectivity index (χ0) is 17.3. The van der Waals surface area contributed by atoms with Gasteiger partial charge in [-0.2, -0.15) is 0 Å². The molecule has 1 amide bonds. The number of carbonyl (C=O) groups excluding carboxylic acids is 1. The SMILES string of the molecule is Cc1ccc(CN2CC[C@@]3(CC(C(=O)NC[C@@H]4CCCO4)=NO3)C2)s1. The molecular formula is C18H25N3O3S. The molecule has 0 aliphatic carbocycles. The lowest BCUT2D eigenvalue weighted by Crippen LogP contribution is -2.39. The highest BCUT2D eigenvalue weighted by Gasteiger charge is 2.46. The number of oxime groups is 1. The standard InChI is InChI=1S/C18H25N3O3S/c1-13-4-5-15(25-13)11-21-7-6-18(12-21)9-16(20-24-18)17(22)19-10-14-3-2-8-23-14/h4-5,14H,2-3,6-12H2,1H3,(H,19,22)/t14-,18+/m0/s1. The summed E-state index contributed by atoms with van der Waals surface area (Å²) >= 11 is 1.84. The van der Waals surface area contributed by atoms with Crippen molar-refractivity contribution < 1.29 is 14.4 Å². The molecule has 1 aromatic heterocycles. The van der Waals surface area contributed by atoms with Gasteiger partial charge in [0.1, 0.15) is 5.71 Å². The zero-order valence-electron chi connectivity index (χ0n) is 14.6. The van der Waals surface area contributed by atoms with E-state index in [-0.39, 0.29) is 17.6 Å². The molecule has 0 unspecified atom stereocenters. The highest BCUT2D eigenvalue weighted by atomic mass is 32.1. The Morgan fingerprint density at radius 1 is 1.52 bits per heavy atom. The normalized spacial score (nSPS) is 29.2. The van der Waals surface area contributed by atoms with Gasteiger partial charge in [0, 0.05) is 55.4 Å². The number of thiophene rings is 1. The van der Waals surface area contributed by atoms with Crippen molar-refractivity contribution in [3.8, 4) is 0 Å². The van der Waals surface area contributed by atoms with Gasteiger partial charge in [-0.05, 0) is 31.9 Å². The van der Waals surface area contributed by atoms with Gasteiger partial charge in [0.15, 0.2) is 5.60 Å². The van der Waals surface area contributed by atoms with Gasteiger partial charge >= 0.3 is 0 Å². The van der Waals surface area contributed by atoms with Gasteiger partial charge in [0.2, 0.25) is 0 Å². The van der Waals surface area contributed by atoms with Crippen LogP contribution in [0.5, 0.6) is 0 Å². The molecule has 1 spiro atoms. The number of nitrogens with one attached hydrogen (secondary N) is 1. The first kappa shape index (κ1) is 17.0. The fourth-order valence-corrected chi connectivity index (χ4v) is 4.76. The number of amides is 1. The topological polar surface area (TPSA) is 63.2 Å². The Kier molecular flexibility index (Phi) is 4.80. The molecule has 3 aliphatic rings. The summed E-state index contributed by atoms with van der Waals surface area (Å²) < 4.78 is 5.54. The first-order chi connectivity index (χ1) is 12.1. The Balaban J connectivity index is 1.26. The van der Waals surface area contributed by atoms with Gasteiger partial charge in [0.05, 0.1) is 6.10 Å². The zero-order valence-corrected chi connectivity index (χ0v) is 15.4. The molecule has 2 atom stereocenters. The summed E-state index contributed by atoms with van der Waals surface area (Å²) in [6.45, 7) is 6.26. The molecule has 3 aliphatic heterocycles. The minimum absolute atomic E-state index is 0.111. The van der Waals surface area contributed by atoms with Crippen LogP contribution in [0, 0.1) is 6.92 Å². The van der Waals surface area contributed by atoms with E-state index in [0.29, 0.717) is 18.7 Å². The van der Waals surface area contributed by atoms with E-state index in [4.69, 9.17) is 9.57 Å². The lowest BCUT2D eigenvalue weighted by atomic mass is 9.96. The molecule has 4 rings (SSSR count). The third-order valence-electron chi connectivity index (χ3n) is 5.19. The second kappa shape index (κ2) is 7.05. The molecule has 0 aromatic carbocycles. The highest BCUT2D eigenvalue weighted by Crippen LogP contribution is 2.35. The van der Waals surface area contributed by atoms with Crippen LogP contribution in [0.25, 0.3) is 0 Å². The molecule has 2 saturated heterocycles. The number of hydrogen-bond acceptors (Lipinski definition) is 6. The van der Waals surface area contributed by atoms with Crippen molar-refractivity contribution >= 4 is 23.0 Å². The van der Waals surface area contributed by atoms with Crippen molar-refractivity contribution in [1.82, 2.24) is 10.2 Å². The van der Waals surface area contributed by atoms with Gasteiger partial charge in [-0.25, -0.2) is 0 Å². The van der Waals surface area contributed by atoms with Crippen LogP contribution in [-0.2, 0) is 20.9 Å². The first-order valence-corrected chi connectivity index (χ1v) is 9.86. The van der Waals surface area contributed by atoms with Gasteiger partial charge < -0.3 is 14.9 Å². The first-order valence-electron chi connectivity index (χ1n) is 9.04. The Morgan fingerprint density at radius 2 is 2.44 bits per heavy atom. The second-order valence-corrected chi connectivity index (χ2v) is 8.68. The minimum Gasteiger partial charge on any atom is -0.387 e. The summed E-state index contributed by atoms with van der Waals surface area (Å²) in [5, 5.41) is 7.04. The molecule has 1 N–H and O–H groups in total. The van der Waals surface area contributed by atoms with E-state index in [0.717, 1.165) is 45.5 Å². The molecule has 2 fully saturated rings. The van der Waals surface area contributed by atoms with Crippen LogP contribution >= 0.6 is 11.3 Å². The summed E-state index contributed by atoms with van der Waals surface area (Å²) in [6, 6.07) is 4.36. The van der Waals surface area contributed by atoms with Gasteiger partial charge in [0.25, 0.3) is 5.91 Å². The molecule has 7 heteroatoms. The Hall–Kier alpha value is -1.44. The maximum absolute atomic E-state index is 12.3. The van der Waals surface area contributed by atoms with Crippen LogP contribution in [0.1, 0.15) is 35.4 Å². The number of aryl methyl sites for hydroxylation is 1. The maximum atomic E-state index is 12.3. The number of nitrogens with zero attached hydrogens (tertiary/aromatic N) is 2. The van der Waals surface area contributed by atoms with Crippen LogP contribution in [-0.4, -0.2) is 54.5 Å². The van der Waals surface area contributed by atoms with E-state index in [1.165, 1.54) is 9.75 Å². The van der Waals surface area contributed by atoms with Gasteiger partial charge in [-0.3, -0.25) is 9.69 Å². The lowest BCUT2D eigenvalue weighted by molar-refractivity contribution is -0.115. The molecule has 136 valence electrons. The smallest absolute Gasteiger partial charge is 0.269 e. The molecule has 4 heterocycles. The summed E-state index contributed by atoms with van der Waals surface area (Å²) in [7, 11) is 0. The Morgan fingerprint density at radius 3 is 3.20 bits per heavy atom. The van der Waals surface area contributed by atoms with Crippen molar-refractivity contribution in [3.05, 3.63) is 21.9 Å². The third-order valence-corrected chi connectivity index (χ3v) is 6.17. The van der Waals surface area contributed by atoms with Crippen LogP contribution in [0.3, 0.4) is 0 Å². The average molecular weight is 363 g/mol. The predicted molar refractivity (Wildman–Crippen MR) is 96.8 cm³/mol. The molecular weight excluding hydrogens is 338 g/mol. The fourth-order valence-electron chi connectivity index (χ4n) is 3.83. The third kappa shape index (κ3) is 3.88. The number of ether oxygens (including phenoxy) is 1. The molecule has 1 aromatic rings. The van der Waals surface area contributed by atoms with E-state index in [9.17, 15) is 4.79 Å². The quantitative estimate of drug-likeness (QED) is 0.870. The highest BCUT2D eigenvalue weighted by molar-refractivity contribution is 7.11. The van der Waals surface area contributed by atoms with Gasteiger partial charge in [-0.1, -0.05) is 5.16 Å². The monoisotopic (exact) mass is 363 g/mol. The molecule has 0 saturated carbocycles. The van der Waals surface area contributed by atoms with Gasteiger partial charge in [-0.15, -0.1) is 11.3 Å². The van der Waals surface area contributed by atoms with E-state index in [1.54, 1.807) is 0 Å². The lowest BCUT2D eigenvalue weighted by Gasteiger charge is -2.21. The second-order valence-electron chi connectivity index (χ2n) is 7.31. The van der Waals surface area contributed by atoms with Crippen LogP contribution < -0.4 is 5.32 Å².